The summed E-state index contributed by atoms with van der Waals surface area (Å²) in [6.07, 6.45) is 8.00. The highest BCUT2D eigenvalue weighted by molar-refractivity contribution is 4.86. The van der Waals surface area contributed by atoms with Crippen molar-refractivity contribution in [2.24, 2.45) is 11.8 Å². The zero-order valence-electron chi connectivity index (χ0n) is 9.28. The number of nitrogens with zero attached hydrogens (tertiary/aromatic N) is 1. The lowest BCUT2D eigenvalue weighted by atomic mass is 9.78. The van der Waals surface area contributed by atoms with E-state index in [1.807, 2.05) is 0 Å². The number of aliphatic hydroxyl groups is 1. The highest BCUT2D eigenvalue weighted by atomic mass is 16.3. The van der Waals surface area contributed by atoms with E-state index in [9.17, 15) is 0 Å². The molecule has 2 nitrogen and oxygen atoms in total. The van der Waals surface area contributed by atoms with Gasteiger partial charge in [0.15, 0.2) is 0 Å². The van der Waals surface area contributed by atoms with Crippen molar-refractivity contribution in [3.05, 3.63) is 0 Å². The van der Waals surface area contributed by atoms with Gasteiger partial charge >= 0.3 is 0 Å². The number of aliphatic hydroxyl groups excluding tert-OH is 1. The molecule has 2 fully saturated rings. The second-order valence-corrected chi connectivity index (χ2v) is 5.15. The van der Waals surface area contributed by atoms with Gasteiger partial charge in [-0.1, -0.05) is 0 Å². The molecule has 0 aromatic carbocycles. The highest BCUT2D eigenvalue weighted by Gasteiger charge is 2.31. The molecule has 1 atom stereocenters. The Kier molecular flexibility index (Phi) is 3.45. The molecule has 0 aromatic rings. The maximum absolute atomic E-state index is 9.08. The zero-order valence-corrected chi connectivity index (χ0v) is 9.28. The van der Waals surface area contributed by atoms with Crippen LogP contribution in [0.3, 0.4) is 0 Å². The Hall–Kier alpha value is -0.0800. The lowest BCUT2D eigenvalue weighted by Crippen LogP contribution is -2.35. The maximum atomic E-state index is 9.08. The van der Waals surface area contributed by atoms with E-state index < -0.39 is 0 Å². The van der Waals surface area contributed by atoms with E-state index in [0.29, 0.717) is 12.5 Å². The summed E-state index contributed by atoms with van der Waals surface area (Å²) in [6, 6.07) is 0.856. The van der Waals surface area contributed by atoms with Crippen molar-refractivity contribution in [1.29, 1.82) is 0 Å². The Labute approximate surface area is 87.3 Å². The fraction of sp³-hybridized carbons (Fsp3) is 1.00. The molecule has 0 radical (unpaired) electrons. The maximum Gasteiger partial charge on any atom is 0.0459 e. The van der Waals surface area contributed by atoms with Crippen molar-refractivity contribution in [2.75, 3.05) is 20.2 Å². The largest absolute Gasteiger partial charge is 0.396 e. The van der Waals surface area contributed by atoms with Crippen molar-refractivity contribution in [1.82, 2.24) is 4.90 Å². The summed E-state index contributed by atoms with van der Waals surface area (Å²) in [5, 5.41) is 9.08. The van der Waals surface area contributed by atoms with Gasteiger partial charge in [0.1, 0.15) is 0 Å². The molecular formula is C12H23NO. The molecule has 0 amide bonds. The van der Waals surface area contributed by atoms with Gasteiger partial charge in [0, 0.05) is 12.6 Å². The minimum Gasteiger partial charge on any atom is -0.396 e. The molecule has 0 unspecified atom stereocenters. The Balaban J connectivity index is 1.82. The van der Waals surface area contributed by atoms with Crippen LogP contribution in [0.5, 0.6) is 0 Å². The van der Waals surface area contributed by atoms with E-state index in [1.165, 1.54) is 45.1 Å². The van der Waals surface area contributed by atoms with Crippen molar-refractivity contribution in [3.63, 3.8) is 0 Å². The van der Waals surface area contributed by atoms with Crippen molar-refractivity contribution in [3.8, 4) is 0 Å². The van der Waals surface area contributed by atoms with Gasteiger partial charge in [0.2, 0.25) is 0 Å². The van der Waals surface area contributed by atoms with Gasteiger partial charge in [-0.2, -0.15) is 0 Å². The third-order valence-corrected chi connectivity index (χ3v) is 4.27. The Morgan fingerprint density at radius 1 is 1.14 bits per heavy atom. The zero-order chi connectivity index (χ0) is 9.97. The van der Waals surface area contributed by atoms with Crippen LogP contribution in [-0.2, 0) is 0 Å². The van der Waals surface area contributed by atoms with E-state index >= 15 is 0 Å². The van der Waals surface area contributed by atoms with Crippen LogP contribution >= 0.6 is 0 Å². The summed E-state index contributed by atoms with van der Waals surface area (Å²) in [6.45, 7) is 1.71. The summed E-state index contributed by atoms with van der Waals surface area (Å²) in [5.41, 5.74) is 0. The van der Waals surface area contributed by atoms with Crippen LogP contribution in [0.2, 0.25) is 0 Å². The van der Waals surface area contributed by atoms with Gasteiger partial charge in [0.05, 0.1) is 0 Å². The molecule has 82 valence electrons. The first-order valence-corrected chi connectivity index (χ1v) is 6.12. The van der Waals surface area contributed by atoms with Gasteiger partial charge in [-0.25, -0.2) is 0 Å². The lowest BCUT2D eigenvalue weighted by Gasteiger charge is -2.34. The molecule has 1 heterocycles. The summed E-state index contributed by atoms with van der Waals surface area (Å²) in [7, 11) is 2.27. The number of hydrogen-bond donors (Lipinski definition) is 1. The monoisotopic (exact) mass is 197 g/mol. The lowest BCUT2D eigenvalue weighted by molar-refractivity contribution is 0.126. The molecule has 1 N–H and O–H groups in total. The second-order valence-electron chi connectivity index (χ2n) is 5.15. The van der Waals surface area contributed by atoms with Crippen LogP contribution in [0.1, 0.15) is 38.5 Å². The molecule has 0 aromatic heterocycles. The normalized spacial score (nSPS) is 40.3. The topological polar surface area (TPSA) is 23.5 Å². The summed E-state index contributed by atoms with van der Waals surface area (Å²) < 4.78 is 0. The standard InChI is InChI=1S/C12H23NO/c1-13-8-2-3-12(13)11-6-4-10(9-14)5-7-11/h10-12,14H,2-9H2,1H3/t10?,11?,12-/m1/s1. The van der Waals surface area contributed by atoms with E-state index in [1.54, 1.807) is 0 Å². The molecule has 1 saturated carbocycles. The fourth-order valence-corrected chi connectivity index (χ4v) is 3.29. The van der Waals surface area contributed by atoms with Gasteiger partial charge in [-0.05, 0) is 64.0 Å². The summed E-state index contributed by atoms with van der Waals surface area (Å²) >= 11 is 0. The van der Waals surface area contributed by atoms with E-state index in [-0.39, 0.29) is 0 Å². The molecule has 2 aliphatic rings. The summed E-state index contributed by atoms with van der Waals surface area (Å²) in [4.78, 5) is 2.55. The molecule has 1 aliphatic heterocycles. The SMILES string of the molecule is CN1CCC[C@@H]1C1CCC(CO)CC1. The summed E-state index contributed by atoms with van der Waals surface area (Å²) in [5.74, 6) is 1.53. The first-order chi connectivity index (χ1) is 6.81. The second kappa shape index (κ2) is 4.63. The van der Waals surface area contributed by atoms with Gasteiger partial charge in [-0.3, -0.25) is 0 Å². The van der Waals surface area contributed by atoms with Crippen LogP contribution in [0, 0.1) is 11.8 Å². The van der Waals surface area contributed by atoms with Gasteiger partial charge in [-0.15, -0.1) is 0 Å². The number of hydrogen-bond acceptors (Lipinski definition) is 2. The molecular weight excluding hydrogens is 174 g/mol. The van der Waals surface area contributed by atoms with E-state index in [4.69, 9.17) is 5.11 Å². The minimum absolute atomic E-state index is 0.410. The van der Waals surface area contributed by atoms with E-state index in [0.717, 1.165) is 12.0 Å². The number of rotatable bonds is 2. The quantitative estimate of drug-likeness (QED) is 0.730. The van der Waals surface area contributed by atoms with Crippen LogP contribution < -0.4 is 0 Å². The van der Waals surface area contributed by atoms with Crippen molar-refractivity contribution >= 4 is 0 Å². The molecule has 2 heteroatoms. The van der Waals surface area contributed by atoms with Crippen molar-refractivity contribution in [2.45, 2.75) is 44.6 Å². The minimum atomic E-state index is 0.410. The Morgan fingerprint density at radius 3 is 2.36 bits per heavy atom. The van der Waals surface area contributed by atoms with Gasteiger partial charge in [0.25, 0.3) is 0 Å². The average Bonchev–Trinajstić information content (AvgIpc) is 2.65. The predicted octanol–water partition coefficient (Wildman–Crippen LogP) is 1.88. The molecule has 2 rings (SSSR count). The smallest absolute Gasteiger partial charge is 0.0459 e. The average molecular weight is 197 g/mol. The molecule has 0 bridgehead atoms. The van der Waals surface area contributed by atoms with Crippen LogP contribution in [0.4, 0.5) is 0 Å². The van der Waals surface area contributed by atoms with Crippen LogP contribution in [-0.4, -0.2) is 36.2 Å². The molecule has 14 heavy (non-hydrogen) atoms. The van der Waals surface area contributed by atoms with Crippen molar-refractivity contribution < 1.29 is 5.11 Å². The van der Waals surface area contributed by atoms with Gasteiger partial charge < -0.3 is 10.0 Å². The predicted molar refractivity (Wildman–Crippen MR) is 58.2 cm³/mol. The molecule has 1 saturated heterocycles. The van der Waals surface area contributed by atoms with E-state index in [2.05, 4.69) is 11.9 Å². The third kappa shape index (κ3) is 2.12. The Morgan fingerprint density at radius 2 is 1.86 bits per heavy atom. The number of likely N-dealkylation sites (tertiary alicyclic amines) is 1. The van der Waals surface area contributed by atoms with Crippen LogP contribution in [0.15, 0.2) is 0 Å². The fourth-order valence-electron chi connectivity index (χ4n) is 3.29. The molecule has 1 aliphatic carbocycles. The third-order valence-electron chi connectivity index (χ3n) is 4.27. The Bertz CT molecular complexity index is 175. The first kappa shape index (κ1) is 10.4. The van der Waals surface area contributed by atoms with Crippen LogP contribution in [0.25, 0.3) is 0 Å². The first-order valence-electron chi connectivity index (χ1n) is 6.12. The molecule has 0 spiro atoms. The highest BCUT2D eigenvalue weighted by Crippen LogP contribution is 2.35.